The summed E-state index contributed by atoms with van der Waals surface area (Å²) in [4.78, 5) is 6.82. The zero-order chi connectivity index (χ0) is 5.82. The molecule has 0 saturated carbocycles. The Hall–Kier alpha value is -0.350. The van der Waals surface area contributed by atoms with Gasteiger partial charge in [0.25, 0.3) is 0 Å². The van der Waals surface area contributed by atoms with Crippen LogP contribution in [0.2, 0.25) is 0 Å². The molecular formula is C5H10BrN3. The normalized spacial score (nSPS) is 8.56. The molecular weight excluding hydrogens is 182 g/mol. The van der Waals surface area contributed by atoms with Gasteiger partial charge in [0.15, 0.2) is 0 Å². The van der Waals surface area contributed by atoms with Gasteiger partial charge in [0.05, 0.1) is 12.0 Å². The van der Waals surface area contributed by atoms with Gasteiger partial charge in [0.1, 0.15) is 0 Å². The maximum Gasteiger partial charge on any atom is 0.0923 e. The quantitative estimate of drug-likeness (QED) is 0.716. The van der Waals surface area contributed by atoms with E-state index in [0.29, 0.717) is 6.54 Å². The van der Waals surface area contributed by atoms with Crippen molar-refractivity contribution in [3.63, 3.8) is 0 Å². The van der Waals surface area contributed by atoms with Crippen molar-refractivity contribution in [3.05, 3.63) is 18.2 Å². The molecule has 1 heterocycles. The summed E-state index contributed by atoms with van der Waals surface area (Å²) in [5, 5.41) is 0. The van der Waals surface area contributed by atoms with E-state index in [-0.39, 0.29) is 17.0 Å². The summed E-state index contributed by atoms with van der Waals surface area (Å²) in [5.41, 5.74) is 6.30. The molecule has 52 valence electrons. The van der Waals surface area contributed by atoms with E-state index >= 15 is 0 Å². The van der Waals surface area contributed by atoms with Gasteiger partial charge in [-0.3, -0.25) is 0 Å². The van der Waals surface area contributed by atoms with Crippen LogP contribution in [0, 0.1) is 0 Å². The lowest BCUT2D eigenvalue weighted by molar-refractivity contribution is 0.935. The summed E-state index contributed by atoms with van der Waals surface area (Å²) in [6, 6.07) is 0. The third-order valence-corrected chi connectivity index (χ3v) is 0.955. The molecule has 0 aliphatic rings. The zero-order valence-electron chi connectivity index (χ0n) is 5.00. The van der Waals surface area contributed by atoms with E-state index < -0.39 is 0 Å². The second kappa shape index (κ2) is 4.52. The van der Waals surface area contributed by atoms with Crippen molar-refractivity contribution >= 4 is 17.0 Å². The summed E-state index contributed by atoms with van der Waals surface area (Å²) < 4.78 is 0. The average molecular weight is 192 g/mol. The number of nitrogens with one attached hydrogen (secondary N) is 1. The smallest absolute Gasteiger partial charge is 0.0923 e. The van der Waals surface area contributed by atoms with Crippen LogP contribution in [0.15, 0.2) is 12.5 Å². The molecule has 0 fully saturated rings. The average Bonchev–Trinajstić information content (AvgIpc) is 2.19. The van der Waals surface area contributed by atoms with E-state index in [4.69, 9.17) is 5.73 Å². The predicted molar refractivity (Wildman–Crippen MR) is 41.7 cm³/mol. The number of nitrogens with two attached hydrogens (primary N) is 1. The Morgan fingerprint density at radius 1 is 1.67 bits per heavy atom. The SMILES string of the molecule is Br.NCCc1c[nH]cn1. The number of halogens is 1. The molecule has 0 atom stereocenters. The molecule has 0 aliphatic carbocycles. The molecule has 4 heteroatoms. The minimum Gasteiger partial charge on any atom is -0.351 e. The van der Waals surface area contributed by atoms with E-state index in [9.17, 15) is 0 Å². The van der Waals surface area contributed by atoms with Crippen LogP contribution in [0.25, 0.3) is 0 Å². The van der Waals surface area contributed by atoms with Crippen molar-refractivity contribution in [1.29, 1.82) is 0 Å². The highest BCUT2D eigenvalue weighted by Crippen LogP contribution is 1.88. The molecule has 1 aromatic heterocycles. The van der Waals surface area contributed by atoms with Crippen LogP contribution in [0.5, 0.6) is 0 Å². The van der Waals surface area contributed by atoms with Crippen molar-refractivity contribution in [2.24, 2.45) is 5.73 Å². The fourth-order valence-corrected chi connectivity index (χ4v) is 0.576. The first-order chi connectivity index (χ1) is 3.93. The van der Waals surface area contributed by atoms with Gasteiger partial charge in [-0.05, 0) is 6.54 Å². The molecule has 0 bridgehead atoms. The molecule has 0 aliphatic heterocycles. The van der Waals surface area contributed by atoms with Crippen LogP contribution in [0.3, 0.4) is 0 Å². The van der Waals surface area contributed by atoms with E-state index in [2.05, 4.69) is 9.97 Å². The standard InChI is InChI=1S/C5H9N3.BrH/c6-2-1-5-3-7-4-8-5;/h3-4H,1-2,6H2,(H,7,8);1H. The monoisotopic (exact) mass is 191 g/mol. The fourth-order valence-electron chi connectivity index (χ4n) is 0.576. The van der Waals surface area contributed by atoms with Gasteiger partial charge in [-0.2, -0.15) is 0 Å². The highest BCUT2D eigenvalue weighted by Gasteiger charge is 1.87. The molecule has 9 heavy (non-hydrogen) atoms. The number of aromatic amines is 1. The summed E-state index contributed by atoms with van der Waals surface area (Å²) in [6.07, 6.45) is 4.38. The number of aromatic nitrogens is 2. The Labute approximate surface area is 64.4 Å². The van der Waals surface area contributed by atoms with Crippen molar-refractivity contribution < 1.29 is 0 Å². The summed E-state index contributed by atoms with van der Waals surface area (Å²) in [6.45, 7) is 0.671. The summed E-state index contributed by atoms with van der Waals surface area (Å²) in [7, 11) is 0. The number of H-pyrrole nitrogens is 1. The third-order valence-electron chi connectivity index (χ3n) is 0.955. The van der Waals surface area contributed by atoms with Crippen molar-refractivity contribution in [2.45, 2.75) is 6.42 Å². The van der Waals surface area contributed by atoms with E-state index in [1.165, 1.54) is 0 Å². The first kappa shape index (κ1) is 8.65. The van der Waals surface area contributed by atoms with Gasteiger partial charge in [-0.25, -0.2) is 4.98 Å². The summed E-state index contributed by atoms with van der Waals surface area (Å²) >= 11 is 0. The Morgan fingerprint density at radius 3 is 2.89 bits per heavy atom. The molecule has 0 spiro atoms. The van der Waals surface area contributed by atoms with Crippen molar-refractivity contribution in [1.82, 2.24) is 9.97 Å². The Bertz CT molecular complexity index is 138. The number of hydrogen-bond acceptors (Lipinski definition) is 2. The molecule has 0 unspecified atom stereocenters. The minimum atomic E-state index is 0. The Balaban J connectivity index is 0.000000640. The maximum atomic E-state index is 5.27. The first-order valence-electron chi connectivity index (χ1n) is 2.61. The fraction of sp³-hybridized carbons (Fsp3) is 0.400. The number of imidazole rings is 1. The van der Waals surface area contributed by atoms with Gasteiger partial charge in [0.2, 0.25) is 0 Å². The minimum absolute atomic E-state index is 0. The molecule has 3 N–H and O–H groups in total. The van der Waals surface area contributed by atoms with Crippen LogP contribution in [-0.2, 0) is 6.42 Å². The van der Waals surface area contributed by atoms with E-state index in [1.807, 2.05) is 6.20 Å². The van der Waals surface area contributed by atoms with Gasteiger partial charge in [-0.15, -0.1) is 17.0 Å². The zero-order valence-corrected chi connectivity index (χ0v) is 6.71. The van der Waals surface area contributed by atoms with Gasteiger partial charge >= 0.3 is 0 Å². The van der Waals surface area contributed by atoms with E-state index in [1.54, 1.807) is 6.33 Å². The van der Waals surface area contributed by atoms with Crippen LogP contribution >= 0.6 is 17.0 Å². The summed E-state index contributed by atoms with van der Waals surface area (Å²) in [5.74, 6) is 0. The van der Waals surface area contributed by atoms with Gasteiger partial charge in [0, 0.05) is 12.6 Å². The lowest BCUT2D eigenvalue weighted by Crippen LogP contribution is -2.02. The van der Waals surface area contributed by atoms with E-state index in [0.717, 1.165) is 12.1 Å². The molecule has 0 aromatic carbocycles. The van der Waals surface area contributed by atoms with Crippen LogP contribution in [0.1, 0.15) is 5.69 Å². The lowest BCUT2D eigenvalue weighted by atomic mass is 10.3. The topological polar surface area (TPSA) is 54.7 Å². The Morgan fingerprint density at radius 2 is 2.44 bits per heavy atom. The highest BCUT2D eigenvalue weighted by molar-refractivity contribution is 8.93. The first-order valence-corrected chi connectivity index (χ1v) is 2.61. The van der Waals surface area contributed by atoms with Crippen molar-refractivity contribution in [3.8, 4) is 0 Å². The van der Waals surface area contributed by atoms with Crippen molar-refractivity contribution in [2.75, 3.05) is 6.54 Å². The van der Waals surface area contributed by atoms with Crippen LogP contribution in [0.4, 0.5) is 0 Å². The predicted octanol–water partition coefficient (Wildman–Crippen LogP) is 0.489. The molecule has 1 rings (SSSR count). The second-order valence-corrected chi connectivity index (χ2v) is 1.60. The number of hydrogen-bond donors (Lipinski definition) is 2. The number of rotatable bonds is 2. The molecule has 1 aromatic rings. The van der Waals surface area contributed by atoms with Gasteiger partial charge < -0.3 is 10.7 Å². The molecule has 0 amide bonds. The Kier molecular flexibility index (Phi) is 4.35. The maximum absolute atomic E-state index is 5.27. The lowest BCUT2D eigenvalue weighted by Gasteiger charge is -1.85. The highest BCUT2D eigenvalue weighted by atomic mass is 79.9. The molecule has 0 radical (unpaired) electrons. The molecule has 0 saturated heterocycles. The third kappa shape index (κ3) is 2.62. The molecule has 3 nitrogen and oxygen atoms in total. The van der Waals surface area contributed by atoms with Crippen LogP contribution < -0.4 is 5.73 Å². The second-order valence-electron chi connectivity index (χ2n) is 1.60. The van der Waals surface area contributed by atoms with Gasteiger partial charge in [-0.1, -0.05) is 0 Å². The number of nitrogens with zero attached hydrogens (tertiary/aromatic N) is 1. The largest absolute Gasteiger partial charge is 0.351 e. The van der Waals surface area contributed by atoms with Crippen LogP contribution in [-0.4, -0.2) is 16.5 Å².